The summed E-state index contributed by atoms with van der Waals surface area (Å²) < 4.78 is 5.68. The van der Waals surface area contributed by atoms with Crippen LogP contribution in [0.4, 0.5) is 0 Å². The van der Waals surface area contributed by atoms with E-state index in [0.29, 0.717) is 13.2 Å². The van der Waals surface area contributed by atoms with Crippen LogP contribution in [0.3, 0.4) is 0 Å². The van der Waals surface area contributed by atoms with Crippen LogP contribution in [0.5, 0.6) is 5.75 Å². The Labute approximate surface area is 167 Å². The maximum Gasteiger partial charge on any atom is 0.234 e. The molecule has 2 heterocycles. The van der Waals surface area contributed by atoms with Gasteiger partial charge in [0, 0.05) is 44.7 Å². The number of hydrogen-bond acceptors (Lipinski definition) is 4. The first-order chi connectivity index (χ1) is 13.8. The first kappa shape index (κ1) is 19.0. The summed E-state index contributed by atoms with van der Waals surface area (Å²) in [6, 6.07) is 18.7. The van der Waals surface area contributed by atoms with Crippen molar-refractivity contribution in [3.63, 3.8) is 0 Å². The third-order valence-electron chi connectivity index (χ3n) is 5.69. The van der Waals surface area contributed by atoms with E-state index in [9.17, 15) is 4.79 Å². The highest BCUT2D eigenvalue weighted by Crippen LogP contribution is 2.31. The van der Waals surface area contributed by atoms with E-state index in [1.807, 2.05) is 24.3 Å². The number of rotatable bonds is 6. The highest BCUT2D eigenvalue weighted by molar-refractivity contribution is 5.78. The van der Waals surface area contributed by atoms with Crippen LogP contribution in [-0.4, -0.2) is 61.6 Å². The second kappa shape index (κ2) is 9.22. The predicted octanol–water partition coefficient (Wildman–Crippen LogP) is 2.49. The molecule has 0 radical (unpaired) electrons. The maximum atomic E-state index is 12.6. The van der Waals surface area contributed by atoms with Crippen molar-refractivity contribution in [2.24, 2.45) is 0 Å². The van der Waals surface area contributed by atoms with Crippen molar-refractivity contribution in [3.05, 3.63) is 65.7 Å². The van der Waals surface area contributed by atoms with Crippen molar-refractivity contribution < 1.29 is 9.53 Å². The molecule has 1 amide bonds. The summed E-state index contributed by atoms with van der Waals surface area (Å²) in [4.78, 5) is 17.3. The van der Waals surface area contributed by atoms with E-state index in [1.165, 1.54) is 5.56 Å². The fourth-order valence-corrected chi connectivity index (χ4v) is 4.04. The van der Waals surface area contributed by atoms with Crippen LogP contribution in [0.2, 0.25) is 0 Å². The standard InChI is InChI=1S/C23H29N3O2/c27-23(24-21-11-17-28-22-9-5-4-8-20(21)22)18-26-15-13-25(14-16-26)12-10-19-6-2-1-3-7-19/h1-9,21H,10-18H2,(H,24,27). The highest BCUT2D eigenvalue weighted by Gasteiger charge is 2.24. The summed E-state index contributed by atoms with van der Waals surface area (Å²) in [5.41, 5.74) is 2.48. The molecule has 1 fully saturated rings. The summed E-state index contributed by atoms with van der Waals surface area (Å²) in [6.07, 6.45) is 1.92. The zero-order valence-electron chi connectivity index (χ0n) is 16.3. The fraction of sp³-hybridized carbons (Fsp3) is 0.435. The van der Waals surface area contributed by atoms with Gasteiger partial charge in [-0.1, -0.05) is 48.5 Å². The summed E-state index contributed by atoms with van der Waals surface area (Å²) in [5.74, 6) is 1.01. The van der Waals surface area contributed by atoms with E-state index in [1.54, 1.807) is 0 Å². The Bertz CT molecular complexity index is 772. The van der Waals surface area contributed by atoms with Gasteiger partial charge in [0.25, 0.3) is 0 Å². The predicted molar refractivity (Wildman–Crippen MR) is 110 cm³/mol. The molecule has 2 aromatic rings. The summed E-state index contributed by atoms with van der Waals surface area (Å²) in [7, 11) is 0. The molecule has 2 aliphatic rings. The number of hydrogen-bond donors (Lipinski definition) is 1. The van der Waals surface area contributed by atoms with Gasteiger partial charge >= 0.3 is 0 Å². The van der Waals surface area contributed by atoms with Crippen molar-refractivity contribution in [1.82, 2.24) is 15.1 Å². The zero-order valence-corrected chi connectivity index (χ0v) is 16.3. The smallest absolute Gasteiger partial charge is 0.234 e. The molecule has 2 aliphatic heterocycles. The van der Waals surface area contributed by atoms with Crippen molar-refractivity contribution in [2.75, 3.05) is 45.9 Å². The maximum absolute atomic E-state index is 12.6. The molecule has 1 N–H and O–H groups in total. The number of fused-ring (bicyclic) bond motifs is 1. The molecule has 1 unspecified atom stereocenters. The van der Waals surface area contributed by atoms with E-state index in [0.717, 1.165) is 56.9 Å². The fourth-order valence-electron chi connectivity index (χ4n) is 4.04. The molecule has 0 aliphatic carbocycles. The third kappa shape index (κ3) is 4.91. The van der Waals surface area contributed by atoms with Crippen LogP contribution in [0.1, 0.15) is 23.6 Å². The van der Waals surface area contributed by atoms with Crippen molar-refractivity contribution in [2.45, 2.75) is 18.9 Å². The van der Waals surface area contributed by atoms with Crippen LogP contribution < -0.4 is 10.1 Å². The van der Waals surface area contributed by atoms with Crippen molar-refractivity contribution in [1.29, 1.82) is 0 Å². The number of benzene rings is 2. The quantitative estimate of drug-likeness (QED) is 0.838. The van der Waals surface area contributed by atoms with E-state index >= 15 is 0 Å². The molecule has 2 aromatic carbocycles. The second-order valence-electron chi connectivity index (χ2n) is 7.65. The Morgan fingerprint density at radius 3 is 2.50 bits per heavy atom. The minimum atomic E-state index is 0.0598. The Morgan fingerprint density at radius 2 is 1.68 bits per heavy atom. The molecule has 5 nitrogen and oxygen atoms in total. The van der Waals surface area contributed by atoms with Gasteiger partial charge in [0.15, 0.2) is 0 Å². The topological polar surface area (TPSA) is 44.8 Å². The Morgan fingerprint density at radius 1 is 0.964 bits per heavy atom. The van der Waals surface area contributed by atoms with Gasteiger partial charge in [-0.15, -0.1) is 0 Å². The number of carbonyl (C=O) groups is 1. The van der Waals surface area contributed by atoms with E-state index < -0.39 is 0 Å². The molecule has 0 saturated carbocycles. The third-order valence-corrected chi connectivity index (χ3v) is 5.69. The van der Waals surface area contributed by atoms with Crippen LogP contribution in [0.25, 0.3) is 0 Å². The summed E-state index contributed by atoms with van der Waals surface area (Å²) in [5, 5.41) is 3.21. The first-order valence-electron chi connectivity index (χ1n) is 10.3. The molecule has 5 heteroatoms. The van der Waals surface area contributed by atoms with Gasteiger partial charge in [-0.05, 0) is 18.1 Å². The van der Waals surface area contributed by atoms with Crippen LogP contribution >= 0.6 is 0 Å². The number of nitrogens with one attached hydrogen (secondary N) is 1. The lowest BCUT2D eigenvalue weighted by atomic mass is 10.0. The largest absolute Gasteiger partial charge is 0.493 e. The number of carbonyl (C=O) groups excluding carboxylic acids is 1. The second-order valence-corrected chi connectivity index (χ2v) is 7.65. The average molecular weight is 380 g/mol. The molecule has 0 bridgehead atoms. The molecule has 28 heavy (non-hydrogen) atoms. The van der Waals surface area contributed by atoms with Crippen molar-refractivity contribution in [3.8, 4) is 5.75 Å². The number of para-hydroxylation sites is 1. The Balaban J connectivity index is 1.20. The number of amides is 1. The van der Waals surface area contributed by atoms with Crippen molar-refractivity contribution >= 4 is 5.91 Å². The van der Waals surface area contributed by atoms with Crippen LogP contribution in [0, 0.1) is 0 Å². The lowest BCUT2D eigenvalue weighted by molar-refractivity contribution is -0.123. The first-order valence-corrected chi connectivity index (χ1v) is 10.3. The number of ether oxygens (including phenoxy) is 1. The monoisotopic (exact) mass is 379 g/mol. The van der Waals surface area contributed by atoms with Gasteiger partial charge in [-0.3, -0.25) is 9.69 Å². The molecule has 0 aromatic heterocycles. The molecule has 1 atom stereocenters. The lowest BCUT2D eigenvalue weighted by Crippen LogP contribution is -2.50. The summed E-state index contributed by atoms with van der Waals surface area (Å²) >= 11 is 0. The van der Waals surface area contributed by atoms with Gasteiger partial charge < -0.3 is 15.0 Å². The molecule has 1 saturated heterocycles. The van der Waals surface area contributed by atoms with Crippen LogP contribution in [0.15, 0.2) is 54.6 Å². The zero-order chi connectivity index (χ0) is 19.2. The van der Waals surface area contributed by atoms with E-state index in [-0.39, 0.29) is 11.9 Å². The van der Waals surface area contributed by atoms with E-state index in [2.05, 4.69) is 45.4 Å². The van der Waals surface area contributed by atoms with E-state index in [4.69, 9.17) is 4.74 Å². The van der Waals surface area contributed by atoms with Gasteiger partial charge in [-0.2, -0.15) is 0 Å². The minimum absolute atomic E-state index is 0.0598. The lowest BCUT2D eigenvalue weighted by Gasteiger charge is -2.35. The minimum Gasteiger partial charge on any atom is -0.493 e. The Hall–Kier alpha value is -2.37. The molecule has 0 spiro atoms. The highest BCUT2D eigenvalue weighted by atomic mass is 16.5. The van der Waals surface area contributed by atoms with Crippen LogP contribution in [-0.2, 0) is 11.2 Å². The summed E-state index contributed by atoms with van der Waals surface area (Å²) in [6.45, 7) is 6.18. The molecule has 148 valence electrons. The van der Waals surface area contributed by atoms with Gasteiger partial charge in [0.1, 0.15) is 5.75 Å². The van der Waals surface area contributed by atoms with Gasteiger partial charge in [0.05, 0.1) is 19.2 Å². The molecule has 4 rings (SSSR count). The SMILES string of the molecule is O=C(CN1CCN(CCc2ccccc2)CC1)NC1CCOc2ccccc21. The number of piperazine rings is 1. The number of nitrogens with zero attached hydrogens (tertiary/aromatic N) is 2. The van der Waals surface area contributed by atoms with Gasteiger partial charge in [-0.25, -0.2) is 0 Å². The molecular formula is C23H29N3O2. The molecular weight excluding hydrogens is 350 g/mol. The average Bonchev–Trinajstić information content (AvgIpc) is 2.74. The normalized spacial score (nSPS) is 20.2. The Kier molecular flexibility index (Phi) is 6.24. The van der Waals surface area contributed by atoms with Gasteiger partial charge in [0.2, 0.25) is 5.91 Å².